The second kappa shape index (κ2) is 8.62. The Hall–Kier alpha value is -2.01. The van der Waals surface area contributed by atoms with Gasteiger partial charge in [-0.2, -0.15) is 5.10 Å². The Labute approximate surface area is 180 Å². The lowest BCUT2D eigenvalue weighted by molar-refractivity contribution is 0.122. The molecule has 1 unspecified atom stereocenters. The fourth-order valence-electron chi connectivity index (χ4n) is 4.33. The fourth-order valence-corrected chi connectivity index (χ4v) is 4.33. The van der Waals surface area contributed by atoms with Gasteiger partial charge in [0, 0.05) is 18.5 Å². The average Bonchev–Trinajstić information content (AvgIpc) is 3.06. The van der Waals surface area contributed by atoms with Gasteiger partial charge in [-0.1, -0.05) is 31.2 Å². The van der Waals surface area contributed by atoms with Crippen molar-refractivity contribution < 1.29 is 9.50 Å². The molecule has 1 saturated carbocycles. The lowest BCUT2D eigenvalue weighted by Crippen LogP contribution is -2.34. The largest absolute Gasteiger partial charge is 0.386 e. The van der Waals surface area contributed by atoms with Crippen LogP contribution in [0.3, 0.4) is 0 Å². The predicted molar refractivity (Wildman–Crippen MR) is 123 cm³/mol. The molecule has 0 amide bonds. The van der Waals surface area contributed by atoms with Gasteiger partial charge in [-0.15, -0.1) is 0 Å². The van der Waals surface area contributed by atoms with Gasteiger partial charge in [0.1, 0.15) is 5.67 Å². The molecule has 0 radical (unpaired) electrons. The summed E-state index contributed by atoms with van der Waals surface area (Å²) in [7, 11) is 0. The molecule has 5 heteroatoms. The average molecular weight is 414 g/mol. The van der Waals surface area contributed by atoms with Crippen LogP contribution in [0.5, 0.6) is 0 Å². The molecule has 30 heavy (non-hydrogen) atoms. The van der Waals surface area contributed by atoms with Crippen molar-refractivity contribution in [3.05, 3.63) is 47.6 Å². The van der Waals surface area contributed by atoms with E-state index in [9.17, 15) is 9.50 Å². The van der Waals surface area contributed by atoms with Crippen LogP contribution in [0, 0.1) is 17.2 Å². The summed E-state index contributed by atoms with van der Waals surface area (Å²) in [4.78, 5) is 0. The maximum Gasteiger partial charge on any atom is 0.146 e. The molecule has 1 fully saturated rings. The Morgan fingerprint density at radius 2 is 1.87 bits per heavy atom. The van der Waals surface area contributed by atoms with Crippen LogP contribution in [0.2, 0.25) is 0 Å². The quantitative estimate of drug-likeness (QED) is 0.454. The van der Waals surface area contributed by atoms with Gasteiger partial charge < -0.3 is 10.5 Å². The summed E-state index contributed by atoms with van der Waals surface area (Å²) in [5, 5.41) is 25.6. The number of rotatable bonds is 6. The molecule has 0 bridgehead atoms. The molecule has 0 spiro atoms. The molecule has 0 aromatic carbocycles. The number of hydrogen-bond acceptors (Lipinski definition) is 4. The summed E-state index contributed by atoms with van der Waals surface area (Å²) in [5.74, 6) is 1.04. The van der Waals surface area contributed by atoms with Crippen LogP contribution in [0.1, 0.15) is 60.3 Å². The number of alkyl halides is 1. The molecule has 164 valence electrons. The molecule has 3 aliphatic rings. The van der Waals surface area contributed by atoms with Crippen molar-refractivity contribution in [1.82, 2.24) is 5.01 Å². The van der Waals surface area contributed by atoms with E-state index in [4.69, 9.17) is 10.5 Å². The molecule has 0 saturated heterocycles. The van der Waals surface area contributed by atoms with Crippen LogP contribution in [-0.2, 0) is 0 Å². The topological polar surface area (TPSA) is 59.7 Å². The minimum atomic E-state index is -1.65. The standard InChI is InChI=1S/C25H36FN3O/c1-17-10-12-20(13-11-17)29-16-19-14-18(8-6-7-9-23(27)24(2,3)26)21(25(4,5)30)15-22(19)28-29/h6-9,14-15,17,19-20,27,30H,10-13,16H2,1-5H3/b8-6+,9-7-,27-23?. The Morgan fingerprint density at radius 3 is 2.47 bits per heavy atom. The molecule has 1 atom stereocenters. The SMILES string of the molecule is CC1CCC(N2CC3C=C(/C=C/C=C\C(=N)C(C)(C)F)C(C(C)(C)O)=CC3=N2)CC1. The fraction of sp³-hybridized carbons (Fsp3) is 0.600. The Balaban J connectivity index is 1.77. The lowest BCUT2D eigenvalue weighted by Gasteiger charge is -2.32. The highest BCUT2D eigenvalue weighted by Crippen LogP contribution is 2.36. The zero-order valence-electron chi connectivity index (χ0n) is 19.0. The molecule has 0 aromatic rings. The second-order valence-corrected chi connectivity index (χ2v) is 10.0. The third-order valence-corrected chi connectivity index (χ3v) is 6.35. The Bertz CT molecular complexity index is 812. The van der Waals surface area contributed by atoms with Crippen molar-refractivity contribution in [3.8, 4) is 0 Å². The monoisotopic (exact) mass is 413 g/mol. The van der Waals surface area contributed by atoms with E-state index in [0.717, 1.165) is 29.3 Å². The number of halogens is 1. The zero-order valence-corrected chi connectivity index (χ0v) is 19.0. The van der Waals surface area contributed by atoms with Gasteiger partial charge in [0.15, 0.2) is 0 Å². The molecule has 0 aromatic heterocycles. The number of fused-ring (bicyclic) bond motifs is 1. The van der Waals surface area contributed by atoms with E-state index >= 15 is 0 Å². The van der Waals surface area contributed by atoms with E-state index in [1.165, 1.54) is 45.6 Å². The minimum absolute atomic E-state index is 0.0642. The predicted octanol–water partition coefficient (Wildman–Crippen LogP) is 5.37. The Kier molecular flexibility index (Phi) is 6.51. The lowest BCUT2D eigenvalue weighted by atomic mass is 9.81. The van der Waals surface area contributed by atoms with Gasteiger partial charge in [-0.25, -0.2) is 4.39 Å². The zero-order chi connectivity index (χ0) is 22.1. The summed E-state index contributed by atoms with van der Waals surface area (Å²) >= 11 is 0. The molecule has 1 aliphatic heterocycles. The first-order valence-electron chi connectivity index (χ1n) is 11.1. The van der Waals surface area contributed by atoms with Crippen molar-refractivity contribution in [1.29, 1.82) is 5.41 Å². The molecule has 2 N–H and O–H groups in total. The summed E-state index contributed by atoms with van der Waals surface area (Å²) in [6.07, 6.45) is 16.0. The molecular formula is C25H36FN3O. The highest BCUT2D eigenvalue weighted by molar-refractivity contribution is 6.02. The smallest absolute Gasteiger partial charge is 0.146 e. The van der Waals surface area contributed by atoms with Gasteiger partial charge in [-0.3, -0.25) is 5.01 Å². The number of hydrogen-bond donors (Lipinski definition) is 2. The maximum absolute atomic E-state index is 13.8. The molecular weight excluding hydrogens is 377 g/mol. The van der Waals surface area contributed by atoms with Crippen LogP contribution in [-0.4, -0.2) is 45.4 Å². The molecule has 4 nitrogen and oxygen atoms in total. The van der Waals surface area contributed by atoms with E-state index in [1.54, 1.807) is 19.9 Å². The van der Waals surface area contributed by atoms with E-state index in [0.29, 0.717) is 6.04 Å². The first-order valence-corrected chi connectivity index (χ1v) is 11.1. The molecule has 3 rings (SSSR count). The van der Waals surface area contributed by atoms with E-state index in [1.807, 2.05) is 18.2 Å². The molecule has 2 aliphatic carbocycles. The van der Waals surface area contributed by atoms with Crippen molar-refractivity contribution in [2.24, 2.45) is 16.9 Å². The van der Waals surface area contributed by atoms with Crippen molar-refractivity contribution in [2.45, 2.75) is 77.6 Å². The van der Waals surface area contributed by atoms with E-state index in [-0.39, 0.29) is 11.6 Å². The van der Waals surface area contributed by atoms with Gasteiger partial charge >= 0.3 is 0 Å². The van der Waals surface area contributed by atoms with Gasteiger partial charge in [0.2, 0.25) is 0 Å². The van der Waals surface area contributed by atoms with Crippen LogP contribution in [0.25, 0.3) is 0 Å². The first kappa shape index (κ1) is 22.7. The minimum Gasteiger partial charge on any atom is -0.386 e. The number of nitrogens with one attached hydrogen (secondary N) is 1. The van der Waals surface area contributed by atoms with Crippen LogP contribution in [0.4, 0.5) is 4.39 Å². The van der Waals surface area contributed by atoms with Crippen molar-refractivity contribution in [3.63, 3.8) is 0 Å². The van der Waals surface area contributed by atoms with Gasteiger partial charge in [0.05, 0.1) is 17.0 Å². The number of nitrogens with zero attached hydrogens (tertiary/aromatic N) is 2. The van der Waals surface area contributed by atoms with Crippen LogP contribution >= 0.6 is 0 Å². The number of allylic oxidation sites excluding steroid dienone is 5. The van der Waals surface area contributed by atoms with Gasteiger partial charge in [-0.05, 0) is 82.6 Å². The maximum atomic E-state index is 13.8. The summed E-state index contributed by atoms with van der Waals surface area (Å²) < 4.78 is 13.8. The van der Waals surface area contributed by atoms with E-state index in [2.05, 4.69) is 18.0 Å². The van der Waals surface area contributed by atoms with Crippen LogP contribution < -0.4 is 0 Å². The third-order valence-electron chi connectivity index (χ3n) is 6.35. The Morgan fingerprint density at radius 1 is 1.20 bits per heavy atom. The van der Waals surface area contributed by atoms with Gasteiger partial charge in [0.25, 0.3) is 0 Å². The summed E-state index contributed by atoms with van der Waals surface area (Å²) in [6.45, 7) is 9.54. The third kappa shape index (κ3) is 5.37. The molecule has 1 heterocycles. The van der Waals surface area contributed by atoms with E-state index < -0.39 is 11.3 Å². The highest BCUT2D eigenvalue weighted by atomic mass is 19.1. The number of hydrazone groups is 1. The van der Waals surface area contributed by atoms with Crippen LogP contribution in [0.15, 0.2) is 52.7 Å². The van der Waals surface area contributed by atoms with Crippen molar-refractivity contribution >= 4 is 11.4 Å². The second-order valence-electron chi connectivity index (χ2n) is 10.0. The number of aliphatic hydroxyl groups is 1. The highest BCUT2D eigenvalue weighted by Gasteiger charge is 2.35. The summed E-state index contributed by atoms with van der Waals surface area (Å²) in [6, 6.07) is 0.517. The first-order chi connectivity index (χ1) is 13.9. The van der Waals surface area contributed by atoms with Crippen molar-refractivity contribution in [2.75, 3.05) is 6.54 Å². The summed E-state index contributed by atoms with van der Waals surface area (Å²) in [5.41, 5.74) is 0.116. The normalized spacial score (nSPS) is 27.9.